The number of carbonyl (C=O) groups is 1. The van der Waals surface area contributed by atoms with E-state index in [-0.39, 0.29) is 15.7 Å². The van der Waals surface area contributed by atoms with Crippen molar-refractivity contribution in [2.24, 2.45) is 11.0 Å². The van der Waals surface area contributed by atoms with Gasteiger partial charge in [0.05, 0.1) is 18.7 Å². The molecule has 0 saturated carbocycles. The molecule has 2 aromatic rings. The lowest BCUT2D eigenvalue weighted by Gasteiger charge is -2.30. The Labute approximate surface area is 198 Å². The number of likely N-dealkylation sites (tertiary alicyclic amines) is 1. The van der Waals surface area contributed by atoms with Crippen LogP contribution in [0.5, 0.6) is 11.5 Å². The van der Waals surface area contributed by atoms with Gasteiger partial charge in [-0.1, -0.05) is 23.7 Å². The number of hydrogen-bond acceptors (Lipinski definition) is 7. The number of piperidine rings is 1. The van der Waals surface area contributed by atoms with Crippen molar-refractivity contribution in [3.63, 3.8) is 0 Å². The van der Waals surface area contributed by atoms with Crippen LogP contribution in [0, 0.1) is 12.8 Å². The summed E-state index contributed by atoms with van der Waals surface area (Å²) in [6.45, 7) is 3.87. The monoisotopic (exact) mass is 495 g/mol. The molecule has 0 aliphatic carbocycles. The molecule has 1 aliphatic rings. The van der Waals surface area contributed by atoms with Crippen molar-refractivity contribution in [2.45, 2.75) is 24.7 Å². The normalized spacial score (nSPS) is 14.9. The van der Waals surface area contributed by atoms with E-state index in [4.69, 9.17) is 25.4 Å². The molecule has 0 bridgehead atoms. The van der Waals surface area contributed by atoms with Crippen LogP contribution >= 0.6 is 11.6 Å². The Balaban J connectivity index is 1.57. The van der Waals surface area contributed by atoms with Crippen LogP contribution < -0.4 is 8.92 Å². The maximum Gasteiger partial charge on any atom is 0.340 e. The van der Waals surface area contributed by atoms with E-state index in [1.54, 1.807) is 30.6 Å². The average molecular weight is 496 g/mol. The fourth-order valence-corrected chi connectivity index (χ4v) is 4.77. The third-order valence-electron chi connectivity index (χ3n) is 5.08. The number of benzene rings is 2. The molecule has 178 valence electrons. The minimum absolute atomic E-state index is 0.0901. The molecule has 2 aromatic carbocycles. The van der Waals surface area contributed by atoms with Crippen molar-refractivity contribution in [3.8, 4) is 11.5 Å². The number of aryl methyl sites for hydroxylation is 1. The van der Waals surface area contributed by atoms with E-state index < -0.39 is 10.1 Å². The molecule has 0 unspecified atom stereocenters. The maximum atomic E-state index is 12.6. The van der Waals surface area contributed by atoms with E-state index in [1.807, 2.05) is 17.9 Å². The summed E-state index contributed by atoms with van der Waals surface area (Å²) in [4.78, 5) is 17.4. The molecule has 0 spiro atoms. The van der Waals surface area contributed by atoms with E-state index >= 15 is 0 Å². The van der Waals surface area contributed by atoms with Gasteiger partial charge in [0, 0.05) is 19.2 Å². The lowest BCUT2D eigenvalue weighted by molar-refractivity contribution is -0.160. The second-order valence-electron chi connectivity index (χ2n) is 7.56. The molecule has 0 N–H and O–H groups in total. The summed E-state index contributed by atoms with van der Waals surface area (Å²) in [6.07, 6.45) is 3.83. The van der Waals surface area contributed by atoms with Crippen molar-refractivity contribution in [3.05, 3.63) is 53.1 Å². The van der Waals surface area contributed by atoms with Gasteiger partial charge in [0.1, 0.15) is 22.7 Å². The molecule has 3 rings (SSSR count). The topological polar surface area (TPSA) is 97.7 Å². The van der Waals surface area contributed by atoms with Gasteiger partial charge < -0.3 is 13.8 Å². The standard InChI is InChI=1S/C22H26ClN3O6S/c1-17-11-19(13-20(12-17)32-33(28,29)22-6-4-3-5-21(22)23)31-14-18-7-9-25(10-8-18)15-24-26(16-27)30-2/h3-6,11-13,15-16,18H,7-10,14H2,1-2H3. The zero-order chi connectivity index (χ0) is 23.8. The van der Waals surface area contributed by atoms with Gasteiger partial charge in [-0.05, 0) is 55.5 Å². The first kappa shape index (κ1) is 24.8. The number of amides is 1. The van der Waals surface area contributed by atoms with Crippen LogP contribution in [0.25, 0.3) is 0 Å². The molecule has 1 saturated heterocycles. The highest BCUT2D eigenvalue weighted by atomic mass is 35.5. The molecule has 0 aromatic heterocycles. The quantitative estimate of drug-likeness (QED) is 0.164. The molecule has 0 atom stereocenters. The number of carbonyl (C=O) groups excluding carboxylic acids is 1. The van der Waals surface area contributed by atoms with Crippen LogP contribution in [-0.4, -0.2) is 58.0 Å². The van der Waals surface area contributed by atoms with Crippen LogP contribution in [-0.2, 0) is 19.8 Å². The summed E-state index contributed by atoms with van der Waals surface area (Å²) in [5.41, 5.74) is 0.806. The van der Waals surface area contributed by atoms with Gasteiger partial charge >= 0.3 is 10.1 Å². The fraction of sp³-hybridized carbons (Fsp3) is 0.364. The first-order valence-electron chi connectivity index (χ1n) is 10.3. The summed E-state index contributed by atoms with van der Waals surface area (Å²) < 4.78 is 36.5. The fourth-order valence-electron chi connectivity index (χ4n) is 3.35. The van der Waals surface area contributed by atoms with Gasteiger partial charge in [-0.3, -0.25) is 9.63 Å². The average Bonchev–Trinajstić information content (AvgIpc) is 2.78. The van der Waals surface area contributed by atoms with Crippen LogP contribution in [0.3, 0.4) is 0 Å². The Morgan fingerprint density at radius 3 is 2.55 bits per heavy atom. The van der Waals surface area contributed by atoms with Crippen LogP contribution in [0.4, 0.5) is 0 Å². The molecule has 1 amide bonds. The predicted molar refractivity (Wildman–Crippen MR) is 124 cm³/mol. The Morgan fingerprint density at radius 1 is 1.18 bits per heavy atom. The molecular formula is C22H26ClN3O6S. The largest absolute Gasteiger partial charge is 0.493 e. The third-order valence-corrected chi connectivity index (χ3v) is 6.83. The zero-order valence-electron chi connectivity index (χ0n) is 18.4. The summed E-state index contributed by atoms with van der Waals surface area (Å²) in [5, 5.41) is 4.86. The van der Waals surface area contributed by atoms with Gasteiger partial charge in [0.25, 0.3) is 6.41 Å². The van der Waals surface area contributed by atoms with Crippen molar-refractivity contribution in [2.75, 3.05) is 26.8 Å². The molecule has 9 nitrogen and oxygen atoms in total. The lowest BCUT2D eigenvalue weighted by Crippen LogP contribution is -2.35. The molecule has 33 heavy (non-hydrogen) atoms. The summed E-state index contributed by atoms with van der Waals surface area (Å²) in [5.74, 6) is 1.02. The minimum atomic E-state index is -4.07. The first-order valence-corrected chi connectivity index (χ1v) is 12.1. The highest BCUT2D eigenvalue weighted by molar-refractivity contribution is 7.87. The van der Waals surface area contributed by atoms with Crippen molar-refractivity contribution in [1.29, 1.82) is 0 Å². The van der Waals surface area contributed by atoms with E-state index in [0.29, 0.717) is 24.7 Å². The number of ether oxygens (including phenoxy) is 1. The Kier molecular flexibility index (Phi) is 8.54. The van der Waals surface area contributed by atoms with E-state index in [2.05, 4.69) is 5.10 Å². The molecule has 1 aliphatic heterocycles. The number of hydrogen-bond donors (Lipinski definition) is 0. The van der Waals surface area contributed by atoms with Gasteiger partial charge in [-0.2, -0.15) is 8.42 Å². The number of hydroxylamine groups is 1. The predicted octanol–water partition coefficient (Wildman–Crippen LogP) is 3.47. The second kappa shape index (κ2) is 11.4. The summed E-state index contributed by atoms with van der Waals surface area (Å²) >= 11 is 6.01. The van der Waals surface area contributed by atoms with Crippen molar-refractivity contribution >= 4 is 34.5 Å². The Morgan fingerprint density at radius 2 is 1.88 bits per heavy atom. The van der Waals surface area contributed by atoms with Crippen LogP contribution in [0.1, 0.15) is 18.4 Å². The van der Waals surface area contributed by atoms with Gasteiger partial charge in [0.2, 0.25) is 0 Å². The second-order valence-corrected chi connectivity index (χ2v) is 9.48. The maximum absolute atomic E-state index is 12.6. The van der Waals surface area contributed by atoms with E-state index in [0.717, 1.165) is 36.7 Å². The molecule has 0 radical (unpaired) electrons. The summed E-state index contributed by atoms with van der Waals surface area (Å²) in [7, 11) is -2.71. The number of hydrazone groups is 1. The van der Waals surface area contributed by atoms with E-state index in [9.17, 15) is 13.2 Å². The minimum Gasteiger partial charge on any atom is -0.493 e. The highest BCUT2D eigenvalue weighted by Crippen LogP contribution is 2.29. The zero-order valence-corrected chi connectivity index (χ0v) is 20.0. The number of rotatable bonds is 10. The molecule has 11 heteroatoms. The van der Waals surface area contributed by atoms with Crippen LogP contribution in [0.15, 0.2) is 52.5 Å². The van der Waals surface area contributed by atoms with Crippen molar-refractivity contribution in [1.82, 2.24) is 10.1 Å². The SMILES string of the molecule is CON(C=O)N=CN1CCC(COc2cc(C)cc(OS(=O)(=O)c3ccccc3Cl)c2)CC1. The van der Waals surface area contributed by atoms with Gasteiger partial charge in [-0.15, -0.1) is 10.3 Å². The van der Waals surface area contributed by atoms with E-state index in [1.165, 1.54) is 19.2 Å². The molecular weight excluding hydrogens is 470 g/mol. The number of nitrogens with zero attached hydrogens (tertiary/aromatic N) is 3. The molecule has 1 fully saturated rings. The van der Waals surface area contributed by atoms with Crippen LogP contribution in [0.2, 0.25) is 5.02 Å². The third kappa shape index (κ3) is 7.08. The Bertz CT molecular complexity index is 1090. The Hall–Kier alpha value is -2.82. The van der Waals surface area contributed by atoms with Gasteiger partial charge in [-0.25, -0.2) is 0 Å². The highest BCUT2D eigenvalue weighted by Gasteiger charge is 2.21. The molecule has 1 heterocycles. The first-order chi connectivity index (χ1) is 15.8. The van der Waals surface area contributed by atoms with Gasteiger partial charge in [0.15, 0.2) is 0 Å². The lowest BCUT2D eigenvalue weighted by atomic mass is 9.98. The number of halogens is 1. The smallest absolute Gasteiger partial charge is 0.340 e. The van der Waals surface area contributed by atoms with Crippen molar-refractivity contribution < 1.29 is 27.0 Å². The summed E-state index contributed by atoms with van der Waals surface area (Å²) in [6, 6.07) is 11.1.